The Morgan fingerprint density at radius 2 is 2.00 bits per heavy atom. The van der Waals surface area contributed by atoms with Crippen LogP contribution in [0.5, 0.6) is 0 Å². The van der Waals surface area contributed by atoms with Gasteiger partial charge in [-0.2, -0.15) is 0 Å². The smallest absolute Gasteiger partial charge is 0.123 e. The van der Waals surface area contributed by atoms with Crippen molar-refractivity contribution in [2.24, 2.45) is 0 Å². The van der Waals surface area contributed by atoms with E-state index in [0.717, 1.165) is 17.9 Å². The van der Waals surface area contributed by atoms with Gasteiger partial charge in [-0.3, -0.25) is 0 Å². The Balaban J connectivity index is 1.96. The third-order valence-corrected chi connectivity index (χ3v) is 2.95. The number of rotatable bonds is 5. The molecule has 0 saturated heterocycles. The van der Waals surface area contributed by atoms with Crippen LogP contribution in [0.1, 0.15) is 18.3 Å². The molecule has 2 rings (SSSR count). The SMILES string of the molecule is CCn1ccnc1CC(O)Cc1ccc(F)cc1. The van der Waals surface area contributed by atoms with Crippen LogP contribution in [0.15, 0.2) is 36.7 Å². The zero-order valence-corrected chi connectivity index (χ0v) is 10.4. The maximum atomic E-state index is 12.8. The minimum absolute atomic E-state index is 0.255. The van der Waals surface area contributed by atoms with Gasteiger partial charge in [0.25, 0.3) is 0 Å². The highest BCUT2D eigenvalue weighted by molar-refractivity contribution is 5.17. The summed E-state index contributed by atoms with van der Waals surface area (Å²) in [7, 11) is 0. The molecule has 4 heteroatoms. The van der Waals surface area contributed by atoms with Crippen molar-refractivity contribution in [2.75, 3.05) is 0 Å². The molecule has 0 saturated carbocycles. The Bertz CT molecular complexity index is 493. The van der Waals surface area contributed by atoms with E-state index >= 15 is 0 Å². The number of aryl methyl sites for hydroxylation is 1. The molecule has 1 N–H and O–H groups in total. The minimum atomic E-state index is -0.497. The summed E-state index contributed by atoms with van der Waals surface area (Å²) < 4.78 is 14.8. The second-order valence-corrected chi connectivity index (χ2v) is 4.32. The zero-order chi connectivity index (χ0) is 13.0. The Morgan fingerprint density at radius 3 is 2.67 bits per heavy atom. The zero-order valence-electron chi connectivity index (χ0n) is 10.4. The van der Waals surface area contributed by atoms with Crippen molar-refractivity contribution in [1.82, 2.24) is 9.55 Å². The van der Waals surface area contributed by atoms with Gasteiger partial charge in [-0.25, -0.2) is 9.37 Å². The predicted molar refractivity (Wildman–Crippen MR) is 67.7 cm³/mol. The van der Waals surface area contributed by atoms with Gasteiger partial charge in [0.2, 0.25) is 0 Å². The van der Waals surface area contributed by atoms with Gasteiger partial charge in [0, 0.05) is 25.4 Å². The maximum Gasteiger partial charge on any atom is 0.123 e. The molecule has 0 fully saturated rings. The monoisotopic (exact) mass is 248 g/mol. The summed E-state index contributed by atoms with van der Waals surface area (Å²) in [4.78, 5) is 4.23. The predicted octanol–water partition coefficient (Wildman–Crippen LogP) is 2.19. The summed E-state index contributed by atoms with van der Waals surface area (Å²) in [6.07, 6.45) is 4.17. The molecule has 3 nitrogen and oxygen atoms in total. The molecule has 18 heavy (non-hydrogen) atoms. The van der Waals surface area contributed by atoms with E-state index in [0.29, 0.717) is 12.8 Å². The summed E-state index contributed by atoms with van der Waals surface area (Å²) in [6, 6.07) is 6.22. The molecule has 1 aromatic heterocycles. The first kappa shape index (κ1) is 12.8. The molecule has 0 radical (unpaired) electrons. The number of aliphatic hydroxyl groups excluding tert-OH is 1. The lowest BCUT2D eigenvalue weighted by atomic mass is 10.1. The highest BCUT2D eigenvalue weighted by atomic mass is 19.1. The second kappa shape index (κ2) is 5.78. The van der Waals surface area contributed by atoms with Crippen molar-refractivity contribution in [3.8, 4) is 0 Å². The van der Waals surface area contributed by atoms with E-state index in [2.05, 4.69) is 4.98 Å². The number of aromatic nitrogens is 2. The molecule has 0 aliphatic rings. The van der Waals surface area contributed by atoms with Crippen molar-refractivity contribution < 1.29 is 9.50 Å². The van der Waals surface area contributed by atoms with Gasteiger partial charge in [0.1, 0.15) is 11.6 Å². The molecule has 96 valence electrons. The van der Waals surface area contributed by atoms with Crippen molar-refractivity contribution in [2.45, 2.75) is 32.4 Å². The van der Waals surface area contributed by atoms with Crippen molar-refractivity contribution in [3.63, 3.8) is 0 Å². The maximum absolute atomic E-state index is 12.8. The Labute approximate surface area is 106 Å². The minimum Gasteiger partial charge on any atom is -0.392 e. The van der Waals surface area contributed by atoms with Crippen LogP contribution in [0, 0.1) is 5.82 Å². The molecular weight excluding hydrogens is 231 g/mol. The van der Waals surface area contributed by atoms with E-state index in [1.165, 1.54) is 12.1 Å². The van der Waals surface area contributed by atoms with Crippen LogP contribution in [0.3, 0.4) is 0 Å². The standard InChI is InChI=1S/C14H17FN2O/c1-2-17-8-7-16-14(17)10-13(18)9-11-3-5-12(15)6-4-11/h3-8,13,18H,2,9-10H2,1H3. The lowest BCUT2D eigenvalue weighted by Crippen LogP contribution is -2.17. The van der Waals surface area contributed by atoms with Crippen LogP contribution < -0.4 is 0 Å². The fraction of sp³-hybridized carbons (Fsp3) is 0.357. The molecule has 1 atom stereocenters. The molecule has 2 aromatic rings. The number of halogens is 1. The fourth-order valence-corrected chi connectivity index (χ4v) is 1.99. The normalized spacial score (nSPS) is 12.6. The number of hydrogen-bond acceptors (Lipinski definition) is 2. The van der Waals surface area contributed by atoms with E-state index in [1.807, 2.05) is 17.7 Å². The van der Waals surface area contributed by atoms with Crippen LogP contribution >= 0.6 is 0 Å². The summed E-state index contributed by atoms with van der Waals surface area (Å²) in [5.74, 6) is 0.627. The molecule has 1 aromatic carbocycles. The van der Waals surface area contributed by atoms with E-state index in [4.69, 9.17) is 0 Å². The average molecular weight is 248 g/mol. The van der Waals surface area contributed by atoms with Crippen LogP contribution in [0.2, 0.25) is 0 Å². The van der Waals surface area contributed by atoms with E-state index in [1.54, 1.807) is 18.3 Å². The second-order valence-electron chi connectivity index (χ2n) is 4.32. The summed E-state index contributed by atoms with van der Waals surface area (Å²) in [6.45, 7) is 2.89. The fourth-order valence-electron chi connectivity index (χ4n) is 1.99. The highest BCUT2D eigenvalue weighted by Gasteiger charge is 2.10. The van der Waals surface area contributed by atoms with Gasteiger partial charge in [-0.15, -0.1) is 0 Å². The first-order valence-electron chi connectivity index (χ1n) is 6.11. The molecule has 1 heterocycles. The first-order valence-corrected chi connectivity index (χ1v) is 6.11. The van der Waals surface area contributed by atoms with Gasteiger partial charge < -0.3 is 9.67 Å². The molecule has 0 spiro atoms. The van der Waals surface area contributed by atoms with Gasteiger partial charge in [-0.05, 0) is 31.0 Å². The van der Waals surface area contributed by atoms with Crippen LogP contribution in [0.4, 0.5) is 4.39 Å². The van der Waals surface area contributed by atoms with Gasteiger partial charge in [-0.1, -0.05) is 12.1 Å². The summed E-state index contributed by atoms with van der Waals surface area (Å²) in [5, 5.41) is 10.0. The van der Waals surface area contributed by atoms with Gasteiger partial charge in [0.15, 0.2) is 0 Å². The molecular formula is C14H17FN2O. The third-order valence-electron chi connectivity index (χ3n) is 2.95. The molecule has 0 aliphatic carbocycles. The molecule has 0 bridgehead atoms. The number of aliphatic hydroxyl groups is 1. The molecule has 0 aliphatic heterocycles. The molecule has 0 amide bonds. The third kappa shape index (κ3) is 3.17. The van der Waals surface area contributed by atoms with Crippen LogP contribution in [0.25, 0.3) is 0 Å². The number of nitrogens with zero attached hydrogens (tertiary/aromatic N) is 2. The number of imidazole rings is 1. The van der Waals surface area contributed by atoms with Crippen LogP contribution in [-0.4, -0.2) is 20.8 Å². The quantitative estimate of drug-likeness (QED) is 0.880. The topological polar surface area (TPSA) is 38.0 Å². The molecule has 1 unspecified atom stereocenters. The van der Waals surface area contributed by atoms with Gasteiger partial charge in [0.05, 0.1) is 6.10 Å². The van der Waals surface area contributed by atoms with Crippen molar-refractivity contribution >= 4 is 0 Å². The van der Waals surface area contributed by atoms with E-state index < -0.39 is 6.10 Å². The Hall–Kier alpha value is -1.68. The van der Waals surface area contributed by atoms with Gasteiger partial charge >= 0.3 is 0 Å². The highest BCUT2D eigenvalue weighted by Crippen LogP contribution is 2.09. The van der Waals surface area contributed by atoms with E-state index in [-0.39, 0.29) is 5.82 Å². The summed E-state index contributed by atoms with van der Waals surface area (Å²) in [5.41, 5.74) is 0.929. The lowest BCUT2D eigenvalue weighted by Gasteiger charge is -2.11. The average Bonchev–Trinajstić information content (AvgIpc) is 2.79. The van der Waals surface area contributed by atoms with Crippen LogP contribution in [-0.2, 0) is 19.4 Å². The Morgan fingerprint density at radius 1 is 1.28 bits per heavy atom. The van der Waals surface area contributed by atoms with Crippen molar-refractivity contribution in [3.05, 3.63) is 53.9 Å². The van der Waals surface area contributed by atoms with E-state index in [9.17, 15) is 9.50 Å². The number of benzene rings is 1. The largest absolute Gasteiger partial charge is 0.392 e. The Kier molecular flexibility index (Phi) is 4.10. The summed E-state index contributed by atoms with van der Waals surface area (Å²) >= 11 is 0. The van der Waals surface area contributed by atoms with Crippen molar-refractivity contribution in [1.29, 1.82) is 0 Å². The lowest BCUT2D eigenvalue weighted by molar-refractivity contribution is 0.171. The number of hydrogen-bond donors (Lipinski definition) is 1. The first-order chi connectivity index (χ1) is 8.69.